The number of unbranched alkanes of at least 4 members (excludes halogenated alkanes) is 1. The molecule has 2 aromatic rings. The maximum absolute atomic E-state index is 12.2. The van der Waals surface area contributed by atoms with Gasteiger partial charge < -0.3 is 9.84 Å². The van der Waals surface area contributed by atoms with E-state index in [-0.39, 0.29) is 11.5 Å². The summed E-state index contributed by atoms with van der Waals surface area (Å²) < 4.78 is 5.46. The van der Waals surface area contributed by atoms with Crippen LogP contribution in [0.2, 0.25) is 0 Å². The topological polar surface area (TPSA) is 46.5 Å². The molecule has 0 fully saturated rings. The van der Waals surface area contributed by atoms with Gasteiger partial charge in [-0.05, 0) is 24.6 Å². The number of hydrogen-bond donors (Lipinski definition) is 1. The molecule has 0 amide bonds. The van der Waals surface area contributed by atoms with Crippen molar-refractivity contribution in [3.63, 3.8) is 0 Å². The molecule has 0 aliphatic carbocycles. The van der Waals surface area contributed by atoms with Crippen LogP contribution in [0.3, 0.4) is 0 Å². The number of carbonyl (C=O) groups excluding carboxylic acids is 1. The molecule has 0 saturated carbocycles. The van der Waals surface area contributed by atoms with E-state index in [1.807, 2.05) is 18.2 Å². The van der Waals surface area contributed by atoms with E-state index in [0.717, 1.165) is 12.8 Å². The fourth-order valence-electron chi connectivity index (χ4n) is 1.86. The number of carbonyl (C=O) groups is 1. The Hall–Kier alpha value is -2.29. The van der Waals surface area contributed by atoms with Crippen LogP contribution in [0.15, 0.2) is 48.5 Å². The largest absolute Gasteiger partial charge is 0.504 e. The van der Waals surface area contributed by atoms with E-state index < -0.39 is 0 Å². The van der Waals surface area contributed by atoms with Gasteiger partial charge in [0.25, 0.3) is 0 Å². The Morgan fingerprint density at radius 2 is 1.85 bits per heavy atom. The lowest BCUT2D eigenvalue weighted by Crippen LogP contribution is -2.02. The van der Waals surface area contributed by atoms with E-state index in [2.05, 4.69) is 6.92 Å². The molecule has 0 atom stereocenters. The maximum Gasteiger partial charge on any atom is 0.193 e. The molecule has 3 heteroatoms. The summed E-state index contributed by atoms with van der Waals surface area (Å²) in [7, 11) is 0. The first-order valence-electron chi connectivity index (χ1n) is 6.78. The van der Waals surface area contributed by atoms with Crippen molar-refractivity contribution in [2.24, 2.45) is 0 Å². The maximum atomic E-state index is 12.2. The van der Waals surface area contributed by atoms with Crippen LogP contribution in [0.1, 0.15) is 35.7 Å². The molecule has 1 N–H and O–H groups in total. The number of rotatable bonds is 6. The van der Waals surface area contributed by atoms with E-state index in [4.69, 9.17) is 4.74 Å². The Labute approximate surface area is 118 Å². The Kier molecular flexibility index (Phi) is 4.77. The van der Waals surface area contributed by atoms with Gasteiger partial charge in [0.15, 0.2) is 17.3 Å². The van der Waals surface area contributed by atoms with Crippen molar-refractivity contribution in [3.8, 4) is 11.5 Å². The number of aromatic hydroxyl groups is 1. The molecular weight excluding hydrogens is 252 g/mol. The third-order valence-electron chi connectivity index (χ3n) is 3.01. The SMILES string of the molecule is CCCCOc1ccc(C(=O)c2ccccc2)cc1O. The molecule has 0 aliphatic heterocycles. The molecule has 104 valence electrons. The number of hydrogen-bond acceptors (Lipinski definition) is 3. The summed E-state index contributed by atoms with van der Waals surface area (Å²) >= 11 is 0. The molecule has 0 saturated heterocycles. The predicted molar refractivity (Wildman–Crippen MR) is 78.4 cm³/mol. The zero-order valence-corrected chi connectivity index (χ0v) is 11.5. The van der Waals surface area contributed by atoms with Crippen LogP contribution < -0.4 is 4.74 Å². The third-order valence-corrected chi connectivity index (χ3v) is 3.01. The van der Waals surface area contributed by atoms with E-state index in [1.54, 1.807) is 24.3 Å². The molecule has 0 bridgehead atoms. The minimum atomic E-state index is -0.110. The Morgan fingerprint density at radius 1 is 1.10 bits per heavy atom. The van der Waals surface area contributed by atoms with Gasteiger partial charge in [0.2, 0.25) is 0 Å². The average molecular weight is 270 g/mol. The normalized spacial score (nSPS) is 10.2. The fraction of sp³-hybridized carbons (Fsp3) is 0.235. The summed E-state index contributed by atoms with van der Waals surface area (Å²) in [4.78, 5) is 12.2. The van der Waals surface area contributed by atoms with Crippen LogP contribution in [0, 0.1) is 0 Å². The van der Waals surface area contributed by atoms with Gasteiger partial charge in [-0.15, -0.1) is 0 Å². The second-order valence-electron chi connectivity index (χ2n) is 4.58. The highest BCUT2D eigenvalue weighted by Crippen LogP contribution is 2.28. The van der Waals surface area contributed by atoms with Gasteiger partial charge >= 0.3 is 0 Å². The summed E-state index contributed by atoms with van der Waals surface area (Å²) in [5.74, 6) is 0.312. The highest BCUT2D eigenvalue weighted by Gasteiger charge is 2.11. The quantitative estimate of drug-likeness (QED) is 0.641. The standard InChI is InChI=1S/C17H18O3/c1-2-3-11-20-16-10-9-14(12-15(16)18)17(19)13-7-5-4-6-8-13/h4-10,12,18H,2-3,11H2,1H3. The molecule has 0 unspecified atom stereocenters. The Bertz CT molecular complexity index is 576. The van der Waals surface area contributed by atoms with Crippen molar-refractivity contribution in [3.05, 3.63) is 59.7 Å². The Morgan fingerprint density at radius 3 is 2.50 bits per heavy atom. The van der Waals surface area contributed by atoms with Gasteiger partial charge in [-0.1, -0.05) is 43.7 Å². The third kappa shape index (κ3) is 3.38. The summed E-state index contributed by atoms with van der Waals surface area (Å²) in [6.45, 7) is 2.64. The first-order chi connectivity index (χ1) is 9.72. The van der Waals surface area contributed by atoms with Gasteiger partial charge in [0.1, 0.15) is 0 Å². The second-order valence-corrected chi connectivity index (χ2v) is 4.58. The lowest BCUT2D eigenvalue weighted by atomic mass is 10.0. The van der Waals surface area contributed by atoms with Crippen LogP contribution in [-0.4, -0.2) is 17.5 Å². The van der Waals surface area contributed by atoms with Gasteiger partial charge in [0.05, 0.1) is 6.61 Å². The zero-order valence-electron chi connectivity index (χ0n) is 11.5. The molecule has 0 aliphatic rings. The minimum Gasteiger partial charge on any atom is -0.504 e. The first-order valence-corrected chi connectivity index (χ1v) is 6.78. The number of ether oxygens (including phenoxy) is 1. The molecule has 0 aromatic heterocycles. The zero-order chi connectivity index (χ0) is 14.4. The number of benzene rings is 2. The number of ketones is 1. The van der Waals surface area contributed by atoms with Crippen molar-refractivity contribution in [2.75, 3.05) is 6.61 Å². The van der Waals surface area contributed by atoms with Crippen molar-refractivity contribution >= 4 is 5.78 Å². The highest BCUT2D eigenvalue weighted by molar-refractivity contribution is 6.09. The van der Waals surface area contributed by atoms with Crippen molar-refractivity contribution < 1.29 is 14.6 Å². The summed E-state index contributed by atoms with van der Waals surface area (Å²) in [5.41, 5.74) is 1.06. The van der Waals surface area contributed by atoms with Crippen LogP contribution in [0.25, 0.3) is 0 Å². The Balaban J connectivity index is 2.14. The molecular formula is C17H18O3. The van der Waals surface area contributed by atoms with Crippen molar-refractivity contribution in [1.82, 2.24) is 0 Å². The summed E-state index contributed by atoms with van der Waals surface area (Å²) in [6.07, 6.45) is 1.97. The molecule has 20 heavy (non-hydrogen) atoms. The molecule has 0 radical (unpaired) electrons. The molecule has 2 aromatic carbocycles. The summed E-state index contributed by atoms with van der Waals surface area (Å²) in [5, 5.41) is 9.91. The number of phenolic OH excluding ortho intramolecular Hbond substituents is 1. The molecule has 3 nitrogen and oxygen atoms in total. The molecule has 2 rings (SSSR count). The predicted octanol–water partition coefficient (Wildman–Crippen LogP) is 3.80. The van der Waals surface area contributed by atoms with E-state index in [0.29, 0.717) is 23.5 Å². The number of phenols is 1. The van der Waals surface area contributed by atoms with E-state index in [9.17, 15) is 9.90 Å². The fourth-order valence-corrected chi connectivity index (χ4v) is 1.86. The second kappa shape index (κ2) is 6.75. The van der Waals surface area contributed by atoms with Crippen molar-refractivity contribution in [2.45, 2.75) is 19.8 Å². The molecule has 0 heterocycles. The smallest absolute Gasteiger partial charge is 0.193 e. The van der Waals surface area contributed by atoms with E-state index >= 15 is 0 Å². The highest BCUT2D eigenvalue weighted by atomic mass is 16.5. The van der Waals surface area contributed by atoms with Gasteiger partial charge in [0, 0.05) is 11.1 Å². The lowest BCUT2D eigenvalue weighted by Gasteiger charge is -2.09. The van der Waals surface area contributed by atoms with Crippen LogP contribution in [-0.2, 0) is 0 Å². The van der Waals surface area contributed by atoms with Crippen LogP contribution in [0.4, 0.5) is 0 Å². The summed E-state index contributed by atoms with van der Waals surface area (Å²) in [6, 6.07) is 13.8. The first kappa shape index (κ1) is 14.1. The van der Waals surface area contributed by atoms with Gasteiger partial charge in [-0.3, -0.25) is 4.79 Å². The monoisotopic (exact) mass is 270 g/mol. The van der Waals surface area contributed by atoms with Gasteiger partial charge in [-0.2, -0.15) is 0 Å². The van der Waals surface area contributed by atoms with Crippen LogP contribution in [0.5, 0.6) is 11.5 Å². The van der Waals surface area contributed by atoms with Gasteiger partial charge in [-0.25, -0.2) is 0 Å². The minimum absolute atomic E-state index is 0.00267. The lowest BCUT2D eigenvalue weighted by molar-refractivity contribution is 0.103. The average Bonchev–Trinajstić information content (AvgIpc) is 2.49. The van der Waals surface area contributed by atoms with Crippen molar-refractivity contribution in [1.29, 1.82) is 0 Å². The van der Waals surface area contributed by atoms with E-state index in [1.165, 1.54) is 6.07 Å². The van der Waals surface area contributed by atoms with Crippen LogP contribution >= 0.6 is 0 Å². The molecule has 0 spiro atoms.